The molecule has 0 aliphatic rings. The summed E-state index contributed by atoms with van der Waals surface area (Å²) < 4.78 is 58.7. The van der Waals surface area contributed by atoms with Gasteiger partial charge in [-0.15, -0.1) is 0 Å². The van der Waals surface area contributed by atoms with Gasteiger partial charge >= 0.3 is 12.3 Å². The molecule has 0 bridgehead atoms. The zero-order valence-electron chi connectivity index (χ0n) is 11.8. The van der Waals surface area contributed by atoms with Gasteiger partial charge in [0.05, 0.1) is 19.8 Å². The van der Waals surface area contributed by atoms with Crippen LogP contribution in [0.15, 0.2) is 18.2 Å². The number of rotatable bonds is 8. The van der Waals surface area contributed by atoms with Crippen LogP contribution >= 0.6 is 0 Å². The van der Waals surface area contributed by atoms with Gasteiger partial charge in [0.15, 0.2) is 0 Å². The van der Waals surface area contributed by atoms with Crippen LogP contribution in [0.1, 0.15) is 11.1 Å². The minimum absolute atomic E-state index is 0.116. The number of hydrogen-bond acceptors (Lipinski definition) is 3. The first kappa shape index (κ1) is 17.7. The Labute approximate surface area is 120 Å². The fourth-order valence-corrected chi connectivity index (χ4v) is 1.77. The topological polar surface area (TPSA) is 38.7 Å². The largest absolute Gasteiger partial charge is 0.496 e. The number of methoxy groups -OCH3 is 1. The lowest BCUT2D eigenvalue weighted by molar-refractivity contribution is -0.170. The van der Waals surface area contributed by atoms with Crippen molar-refractivity contribution in [2.24, 2.45) is 0 Å². The highest BCUT2D eigenvalue weighted by molar-refractivity contribution is 5.37. The van der Waals surface area contributed by atoms with E-state index in [0.717, 1.165) is 5.56 Å². The van der Waals surface area contributed by atoms with Crippen molar-refractivity contribution in [1.82, 2.24) is 0 Å². The van der Waals surface area contributed by atoms with Gasteiger partial charge in [0.1, 0.15) is 12.4 Å². The summed E-state index contributed by atoms with van der Waals surface area (Å²) in [6.07, 6.45) is -4.76. The fraction of sp³-hybridized carbons (Fsp3) is 0.571. The van der Waals surface area contributed by atoms with Gasteiger partial charge in [0.25, 0.3) is 0 Å². The number of ether oxygens (including phenoxy) is 2. The van der Waals surface area contributed by atoms with Crippen molar-refractivity contribution in [2.45, 2.75) is 31.8 Å². The lowest BCUT2D eigenvalue weighted by atomic mass is 10.0. The summed E-state index contributed by atoms with van der Waals surface area (Å²) >= 11 is 0. The Balaban J connectivity index is 2.51. The summed E-state index contributed by atoms with van der Waals surface area (Å²) in [5, 5.41) is 9.74. The van der Waals surface area contributed by atoms with Gasteiger partial charge in [0.2, 0.25) is 0 Å². The molecule has 1 rings (SSSR count). The lowest BCUT2D eigenvalue weighted by Crippen LogP contribution is -2.34. The summed E-state index contributed by atoms with van der Waals surface area (Å²) in [6, 6.07) is 5.34. The lowest BCUT2D eigenvalue weighted by Gasteiger charge is -2.18. The van der Waals surface area contributed by atoms with Gasteiger partial charge in [-0.3, -0.25) is 0 Å². The maximum atomic E-state index is 12.6. The first-order chi connectivity index (χ1) is 9.76. The van der Waals surface area contributed by atoms with Crippen LogP contribution in [0.5, 0.6) is 5.75 Å². The Kier molecular flexibility index (Phi) is 6.42. The predicted octanol–water partition coefficient (Wildman–Crippen LogP) is 2.82. The molecule has 0 aliphatic heterocycles. The summed E-state index contributed by atoms with van der Waals surface area (Å²) in [7, 11) is 1.47. The molecule has 1 atom stereocenters. The number of halogens is 4. The molecule has 0 aromatic heterocycles. The summed E-state index contributed by atoms with van der Waals surface area (Å²) in [5.41, 5.74) is 1.64. The Morgan fingerprint density at radius 3 is 2.52 bits per heavy atom. The van der Waals surface area contributed by atoms with Crippen molar-refractivity contribution >= 4 is 0 Å². The van der Waals surface area contributed by atoms with Crippen molar-refractivity contribution in [2.75, 3.05) is 20.3 Å². The van der Waals surface area contributed by atoms with Gasteiger partial charge in [-0.05, 0) is 18.6 Å². The van der Waals surface area contributed by atoms with Crippen molar-refractivity contribution < 1.29 is 32.1 Å². The molecule has 1 aromatic carbocycles. The molecule has 0 fully saturated rings. The minimum Gasteiger partial charge on any atom is -0.496 e. The average Bonchev–Trinajstić information content (AvgIpc) is 2.38. The third-order valence-corrected chi connectivity index (χ3v) is 2.82. The number of aryl methyl sites for hydroxylation is 1. The molecule has 7 heteroatoms. The van der Waals surface area contributed by atoms with E-state index in [1.54, 1.807) is 12.1 Å². The van der Waals surface area contributed by atoms with Crippen molar-refractivity contribution in [3.8, 4) is 5.75 Å². The van der Waals surface area contributed by atoms with E-state index >= 15 is 0 Å². The van der Waals surface area contributed by atoms with Crippen LogP contribution in [-0.2, 0) is 11.2 Å². The zero-order chi connectivity index (χ0) is 16.0. The average molecular weight is 310 g/mol. The quantitative estimate of drug-likeness (QED) is 0.751. The number of alkyl halides is 4. The van der Waals surface area contributed by atoms with Gasteiger partial charge < -0.3 is 14.6 Å². The fourth-order valence-electron chi connectivity index (χ4n) is 1.77. The molecule has 1 aromatic rings. The molecule has 120 valence electrons. The molecule has 1 unspecified atom stereocenters. The maximum Gasteiger partial charge on any atom is 0.330 e. The van der Waals surface area contributed by atoms with Gasteiger partial charge in [-0.25, -0.2) is 8.78 Å². The van der Waals surface area contributed by atoms with E-state index in [1.165, 1.54) is 7.11 Å². The van der Waals surface area contributed by atoms with Crippen LogP contribution in [0.2, 0.25) is 0 Å². The highest BCUT2D eigenvalue weighted by atomic mass is 19.3. The van der Waals surface area contributed by atoms with Crippen LogP contribution in [0, 0.1) is 6.92 Å². The van der Waals surface area contributed by atoms with Crippen molar-refractivity contribution in [3.63, 3.8) is 0 Å². The van der Waals surface area contributed by atoms with Gasteiger partial charge in [-0.2, -0.15) is 8.78 Å². The minimum atomic E-state index is -4.21. The molecule has 0 aliphatic carbocycles. The monoisotopic (exact) mass is 310 g/mol. The molecule has 0 saturated heterocycles. The zero-order valence-corrected chi connectivity index (χ0v) is 11.8. The number of aliphatic hydroxyl groups excluding tert-OH is 1. The summed E-state index contributed by atoms with van der Waals surface area (Å²) in [6.45, 7) is -0.0267. The molecule has 0 amide bonds. The second kappa shape index (κ2) is 7.61. The molecule has 0 heterocycles. The molecule has 1 N–H and O–H groups in total. The van der Waals surface area contributed by atoms with Crippen LogP contribution in [0.3, 0.4) is 0 Å². The molecule has 0 saturated carbocycles. The molecular formula is C14H18F4O3. The predicted molar refractivity (Wildman–Crippen MR) is 69.2 cm³/mol. The van der Waals surface area contributed by atoms with Crippen LogP contribution in [-0.4, -0.2) is 43.9 Å². The Hall–Kier alpha value is -1.34. The smallest absolute Gasteiger partial charge is 0.330 e. The van der Waals surface area contributed by atoms with E-state index < -0.39 is 31.7 Å². The van der Waals surface area contributed by atoms with Gasteiger partial charge in [-0.1, -0.05) is 17.7 Å². The molecule has 3 nitrogen and oxygen atoms in total. The van der Waals surface area contributed by atoms with Crippen LogP contribution < -0.4 is 4.74 Å². The maximum absolute atomic E-state index is 12.6. The van der Waals surface area contributed by atoms with E-state index in [4.69, 9.17) is 4.74 Å². The molecule has 21 heavy (non-hydrogen) atoms. The summed E-state index contributed by atoms with van der Waals surface area (Å²) in [5.74, 6) is -3.65. The van der Waals surface area contributed by atoms with Crippen molar-refractivity contribution in [3.05, 3.63) is 29.3 Å². The van der Waals surface area contributed by atoms with Crippen LogP contribution in [0.25, 0.3) is 0 Å². The van der Waals surface area contributed by atoms with E-state index in [9.17, 15) is 22.7 Å². The third-order valence-electron chi connectivity index (χ3n) is 2.82. The summed E-state index contributed by atoms with van der Waals surface area (Å²) in [4.78, 5) is 0. The molecule has 0 spiro atoms. The highest BCUT2D eigenvalue weighted by Crippen LogP contribution is 2.24. The van der Waals surface area contributed by atoms with Crippen LogP contribution in [0.4, 0.5) is 17.6 Å². The first-order valence-electron chi connectivity index (χ1n) is 6.31. The van der Waals surface area contributed by atoms with E-state index in [0.29, 0.717) is 11.3 Å². The second-order valence-electron chi connectivity index (χ2n) is 4.75. The van der Waals surface area contributed by atoms with E-state index in [-0.39, 0.29) is 6.42 Å². The Morgan fingerprint density at radius 1 is 1.29 bits per heavy atom. The van der Waals surface area contributed by atoms with E-state index in [1.807, 2.05) is 13.0 Å². The molecule has 0 radical (unpaired) electrons. The third kappa shape index (κ3) is 5.51. The number of benzene rings is 1. The second-order valence-corrected chi connectivity index (χ2v) is 4.75. The molecular weight excluding hydrogens is 292 g/mol. The van der Waals surface area contributed by atoms with Crippen molar-refractivity contribution in [1.29, 1.82) is 0 Å². The first-order valence-corrected chi connectivity index (χ1v) is 6.31. The number of aliphatic hydroxyl groups is 1. The van der Waals surface area contributed by atoms with Gasteiger partial charge in [0, 0.05) is 6.42 Å². The Morgan fingerprint density at radius 2 is 1.95 bits per heavy atom. The normalized spacial score (nSPS) is 13.5. The van der Waals surface area contributed by atoms with E-state index in [2.05, 4.69) is 4.74 Å². The number of hydrogen-bond donors (Lipinski definition) is 1. The Bertz CT molecular complexity index is 452. The highest BCUT2D eigenvalue weighted by Gasteiger charge is 2.41. The standard InChI is InChI=1S/C14H18F4O3/c1-9-3-4-12(20-2)10(5-9)6-11(19)7-21-8-14(17,18)13(15)16/h3-5,11,13,19H,6-8H2,1-2H3. The SMILES string of the molecule is COc1ccc(C)cc1CC(O)COCC(F)(F)C(F)F.